The van der Waals surface area contributed by atoms with Gasteiger partial charge in [0.15, 0.2) is 0 Å². The first kappa shape index (κ1) is 14.8. The van der Waals surface area contributed by atoms with E-state index in [2.05, 4.69) is 64.9 Å². The zero-order chi connectivity index (χ0) is 14.2. The summed E-state index contributed by atoms with van der Waals surface area (Å²) in [5.74, 6) is 0.680. The van der Waals surface area contributed by atoms with E-state index in [-0.39, 0.29) is 6.04 Å². The predicted octanol–water partition coefficient (Wildman–Crippen LogP) is 2.86. The molecular weight excluding hydrogens is 302 g/mol. The van der Waals surface area contributed by atoms with Crippen LogP contribution in [0.2, 0.25) is 0 Å². The van der Waals surface area contributed by atoms with Crippen LogP contribution in [-0.4, -0.2) is 38.1 Å². The van der Waals surface area contributed by atoms with Gasteiger partial charge >= 0.3 is 0 Å². The zero-order valence-corrected chi connectivity index (χ0v) is 13.8. The Balaban J connectivity index is 2.28. The molecule has 106 valence electrons. The van der Waals surface area contributed by atoms with Crippen molar-refractivity contribution < 1.29 is 0 Å². The molecule has 0 bridgehead atoms. The zero-order valence-electron chi connectivity index (χ0n) is 12.2. The van der Waals surface area contributed by atoms with Crippen molar-refractivity contribution in [3.05, 3.63) is 28.2 Å². The summed E-state index contributed by atoms with van der Waals surface area (Å²) in [5, 5.41) is 0. The van der Waals surface area contributed by atoms with Crippen molar-refractivity contribution in [3.8, 4) is 0 Å². The van der Waals surface area contributed by atoms with Gasteiger partial charge < -0.3 is 15.5 Å². The minimum absolute atomic E-state index is 0.0567. The number of anilines is 1. The van der Waals surface area contributed by atoms with Gasteiger partial charge in [0.05, 0.1) is 0 Å². The second-order valence-electron chi connectivity index (χ2n) is 5.91. The van der Waals surface area contributed by atoms with Crippen LogP contribution in [0.3, 0.4) is 0 Å². The second kappa shape index (κ2) is 5.81. The Bertz CT molecular complexity index is 445. The summed E-state index contributed by atoms with van der Waals surface area (Å²) in [6.07, 6.45) is 0. The van der Waals surface area contributed by atoms with Gasteiger partial charge in [0, 0.05) is 35.3 Å². The summed E-state index contributed by atoms with van der Waals surface area (Å²) in [5.41, 5.74) is 8.63. The number of nitrogens with zero attached hydrogens (tertiary/aromatic N) is 2. The van der Waals surface area contributed by atoms with Crippen LogP contribution < -0.4 is 10.6 Å². The average molecular weight is 326 g/mol. The monoisotopic (exact) mass is 325 g/mol. The lowest BCUT2D eigenvalue weighted by atomic mass is 10.1. The van der Waals surface area contributed by atoms with Crippen LogP contribution >= 0.6 is 15.9 Å². The van der Waals surface area contributed by atoms with Crippen molar-refractivity contribution in [2.24, 2.45) is 11.7 Å². The molecule has 0 spiro atoms. The van der Waals surface area contributed by atoms with Gasteiger partial charge in [0.1, 0.15) is 0 Å². The molecule has 1 heterocycles. The molecule has 3 nitrogen and oxygen atoms in total. The summed E-state index contributed by atoms with van der Waals surface area (Å²) < 4.78 is 1.10. The van der Waals surface area contributed by atoms with Crippen molar-refractivity contribution >= 4 is 21.6 Å². The molecule has 0 saturated carbocycles. The maximum Gasteiger partial charge on any atom is 0.0415 e. The maximum absolute atomic E-state index is 6.12. The molecule has 0 amide bonds. The summed E-state index contributed by atoms with van der Waals surface area (Å²) >= 11 is 3.54. The van der Waals surface area contributed by atoms with Gasteiger partial charge in [0.25, 0.3) is 0 Å². The Labute approximate surface area is 124 Å². The molecule has 0 aliphatic carbocycles. The highest BCUT2D eigenvalue weighted by atomic mass is 79.9. The lowest BCUT2D eigenvalue weighted by Gasteiger charge is -2.25. The topological polar surface area (TPSA) is 32.5 Å². The number of halogens is 1. The standard InChI is InChI=1S/C15H24BrN3/c1-10-8-19(9-15(10)18(3)4)14-6-5-12(16)7-13(14)11(2)17/h5-7,10-11,15H,8-9,17H2,1-4H3. The van der Waals surface area contributed by atoms with Crippen LogP contribution in [0.25, 0.3) is 0 Å². The van der Waals surface area contributed by atoms with E-state index in [0.29, 0.717) is 12.0 Å². The Morgan fingerprint density at radius 3 is 2.58 bits per heavy atom. The highest BCUT2D eigenvalue weighted by molar-refractivity contribution is 9.10. The van der Waals surface area contributed by atoms with E-state index in [4.69, 9.17) is 5.73 Å². The lowest BCUT2D eigenvalue weighted by Crippen LogP contribution is -2.34. The molecule has 1 aliphatic heterocycles. The molecule has 3 atom stereocenters. The van der Waals surface area contributed by atoms with E-state index in [0.717, 1.165) is 17.6 Å². The van der Waals surface area contributed by atoms with Crippen molar-refractivity contribution in [2.75, 3.05) is 32.1 Å². The van der Waals surface area contributed by atoms with Gasteiger partial charge in [-0.2, -0.15) is 0 Å². The van der Waals surface area contributed by atoms with Crippen molar-refractivity contribution in [1.82, 2.24) is 4.90 Å². The Morgan fingerprint density at radius 2 is 2.05 bits per heavy atom. The predicted molar refractivity (Wildman–Crippen MR) is 85.6 cm³/mol. The molecule has 1 saturated heterocycles. The molecule has 2 rings (SSSR count). The van der Waals surface area contributed by atoms with Crippen LogP contribution in [0.4, 0.5) is 5.69 Å². The third-order valence-electron chi connectivity index (χ3n) is 4.06. The Kier molecular flexibility index (Phi) is 4.54. The minimum Gasteiger partial charge on any atom is -0.369 e. The van der Waals surface area contributed by atoms with E-state index in [1.54, 1.807) is 0 Å². The van der Waals surface area contributed by atoms with Crippen molar-refractivity contribution in [1.29, 1.82) is 0 Å². The average Bonchev–Trinajstić information content (AvgIpc) is 2.71. The quantitative estimate of drug-likeness (QED) is 0.927. The molecular formula is C15H24BrN3. The molecule has 2 N–H and O–H groups in total. The first-order valence-electron chi connectivity index (χ1n) is 6.86. The van der Waals surface area contributed by atoms with Gasteiger partial charge in [-0.25, -0.2) is 0 Å². The van der Waals surface area contributed by atoms with Crippen LogP contribution in [0.1, 0.15) is 25.5 Å². The summed E-state index contributed by atoms with van der Waals surface area (Å²) in [7, 11) is 4.33. The maximum atomic E-state index is 6.12. The van der Waals surface area contributed by atoms with E-state index in [1.807, 2.05) is 6.92 Å². The number of likely N-dealkylation sites (N-methyl/N-ethyl adjacent to an activating group) is 1. The number of rotatable bonds is 3. The van der Waals surface area contributed by atoms with E-state index < -0.39 is 0 Å². The minimum atomic E-state index is 0.0567. The summed E-state index contributed by atoms with van der Waals surface area (Å²) in [4.78, 5) is 4.80. The van der Waals surface area contributed by atoms with Crippen LogP contribution in [-0.2, 0) is 0 Å². The SMILES string of the molecule is CC(N)c1cc(Br)ccc1N1CC(C)C(N(C)C)C1. The molecule has 1 aliphatic rings. The van der Waals surface area contributed by atoms with Gasteiger partial charge in [-0.3, -0.25) is 0 Å². The fourth-order valence-corrected chi connectivity index (χ4v) is 3.38. The smallest absolute Gasteiger partial charge is 0.0415 e. The fraction of sp³-hybridized carbons (Fsp3) is 0.600. The molecule has 3 unspecified atom stereocenters. The Hall–Kier alpha value is -0.580. The molecule has 0 aromatic heterocycles. The Morgan fingerprint density at radius 1 is 1.37 bits per heavy atom. The second-order valence-corrected chi connectivity index (χ2v) is 6.82. The molecule has 19 heavy (non-hydrogen) atoms. The molecule has 0 radical (unpaired) electrons. The highest BCUT2D eigenvalue weighted by Crippen LogP contribution is 2.33. The number of benzene rings is 1. The van der Waals surface area contributed by atoms with E-state index in [1.165, 1.54) is 11.3 Å². The molecule has 4 heteroatoms. The van der Waals surface area contributed by atoms with Gasteiger partial charge in [-0.05, 0) is 50.7 Å². The molecule has 1 aromatic carbocycles. The van der Waals surface area contributed by atoms with Crippen LogP contribution in [0, 0.1) is 5.92 Å². The van der Waals surface area contributed by atoms with Crippen molar-refractivity contribution in [2.45, 2.75) is 25.9 Å². The van der Waals surface area contributed by atoms with Gasteiger partial charge in [-0.1, -0.05) is 22.9 Å². The first-order chi connectivity index (χ1) is 8.90. The third kappa shape index (κ3) is 3.12. The lowest BCUT2D eigenvalue weighted by molar-refractivity contribution is 0.266. The van der Waals surface area contributed by atoms with Crippen LogP contribution in [0.15, 0.2) is 22.7 Å². The third-order valence-corrected chi connectivity index (χ3v) is 4.55. The summed E-state index contributed by atoms with van der Waals surface area (Å²) in [6.45, 7) is 6.56. The fourth-order valence-electron chi connectivity index (χ4n) is 3.00. The number of nitrogens with two attached hydrogens (primary N) is 1. The number of hydrogen-bond donors (Lipinski definition) is 1. The van der Waals surface area contributed by atoms with E-state index >= 15 is 0 Å². The van der Waals surface area contributed by atoms with Gasteiger partial charge in [-0.15, -0.1) is 0 Å². The van der Waals surface area contributed by atoms with Crippen molar-refractivity contribution in [3.63, 3.8) is 0 Å². The first-order valence-corrected chi connectivity index (χ1v) is 7.66. The van der Waals surface area contributed by atoms with Crippen LogP contribution in [0.5, 0.6) is 0 Å². The number of hydrogen-bond acceptors (Lipinski definition) is 3. The molecule has 1 aromatic rings. The molecule has 1 fully saturated rings. The highest BCUT2D eigenvalue weighted by Gasteiger charge is 2.32. The normalized spacial score (nSPS) is 25.1. The summed E-state index contributed by atoms with van der Waals surface area (Å²) in [6, 6.07) is 7.11. The largest absolute Gasteiger partial charge is 0.369 e. The van der Waals surface area contributed by atoms with E-state index in [9.17, 15) is 0 Å². The van der Waals surface area contributed by atoms with Gasteiger partial charge in [0.2, 0.25) is 0 Å².